The van der Waals surface area contributed by atoms with Crippen molar-refractivity contribution in [2.45, 2.75) is 40.1 Å². The molecule has 0 saturated carbocycles. The number of urea groups is 1. The third-order valence-corrected chi connectivity index (χ3v) is 7.60. The Kier molecular flexibility index (Phi) is 8.37. The van der Waals surface area contributed by atoms with Crippen molar-refractivity contribution in [1.82, 2.24) is 24.6 Å². The lowest BCUT2D eigenvalue weighted by molar-refractivity contribution is -0.274. The van der Waals surface area contributed by atoms with Gasteiger partial charge in [-0.05, 0) is 68.7 Å². The summed E-state index contributed by atoms with van der Waals surface area (Å²) in [4.78, 5) is 22.0. The maximum Gasteiger partial charge on any atom is 0.573 e. The summed E-state index contributed by atoms with van der Waals surface area (Å²) in [6.45, 7) is 8.03. The summed E-state index contributed by atoms with van der Waals surface area (Å²) in [5.74, 6) is 0.0179. The topological polar surface area (TPSA) is 110 Å². The van der Waals surface area contributed by atoms with Crippen LogP contribution >= 0.6 is 11.3 Å². The standard InChI is InChI=1S/C31H26F3N7O2S/c1-18-13-19(2)27(20(3)14-18)41-21(4)16-44-30(41)38-29(42)37-26(15-35)22-5-7-23(8-6-22)28-36-17-40(39-28)24-9-11-25(12-10-24)43-31(32,33)34/h5-14,16-17,26H,1-4H3,(H,37,42)/b38-30-. The monoisotopic (exact) mass is 617 g/mol. The van der Waals surface area contributed by atoms with Gasteiger partial charge in [0.25, 0.3) is 0 Å². The highest BCUT2D eigenvalue weighted by molar-refractivity contribution is 7.07. The molecule has 9 nitrogen and oxygen atoms in total. The van der Waals surface area contributed by atoms with Crippen LogP contribution in [0.3, 0.4) is 0 Å². The highest BCUT2D eigenvalue weighted by Gasteiger charge is 2.31. The molecule has 1 N–H and O–H groups in total. The molecule has 5 rings (SSSR count). The van der Waals surface area contributed by atoms with Gasteiger partial charge >= 0.3 is 12.4 Å². The van der Waals surface area contributed by atoms with Gasteiger partial charge in [-0.3, -0.25) is 4.57 Å². The van der Waals surface area contributed by atoms with Crippen LogP contribution in [0, 0.1) is 39.0 Å². The van der Waals surface area contributed by atoms with Crippen molar-refractivity contribution in [1.29, 1.82) is 5.26 Å². The minimum atomic E-state index is -4.78. The number of thiazole rings is 1. The van der Waals surface area contributed by atoms with E-state index in [1.165, 1.54) is 46.6 Å². The lowest BCUT2D eigenvalue weighted by atomic mass is 10.0. The maximum absolute atomic E-state index is 13.0. The number of rotatable bonds is 6. The minimum absolute atomic E-state index is 0.342. The van der Waals surface area contributed by atoms with E-state index in [4.69, 9.17) is 0 Å². The van der Waals surface area contributed by atoms with Gasteiger partial charge in [0.2, 0.25) is 0 Å². The van der Waals surface area contributed by atoms with Crippen molar-refractivity contribution in [3.05, 3.63) is 105 Å². The first kappa shape index (κ1) is 30.2. The van der Waals surface area contributed by atoms with Gasteiger partial charge in [-0.1, -0.05) is 42.0 Å². The highest BCUT2D eigenvalue weighted by Crippen LogP contribution is 2.25. The maximum atomic E-state index is 13.0. The van der Waals surface area contributed by atoms with E-state index in [-0.39, 0.29) is 5.75 Å². The van der Waals surface area contributed by atoms with Gasteiger partial charge in [0.15, 0.2) is 10.6 Å². The molecule has 0 radical (unpaired) electrons. The van der Waals surface area contributed by atoms with Crippen LogP contribution in [0.25, 0.3) is 22.8 Å². The molecule has 5 aromatic rings. The Balaban J connectivity index is 1.31. The van der Waals surface area contributed by atoms with E-state index >= 15 is 0 Å². The Bertz CT molecular complexity index is 1910. The number of carbonyl (C=O) groups is 1. The van der Waals surface area contributed by atoms with Crippen LogP contribution in [0.2, 0.25) is 0 Å². The largest absolute Gasteiger partial charge is 0.573 e. The van der Waals surface area contributed by atoms with E-state index in [2.05, 4.69) is 43.3 Å². The molecule has 1 unspecified atom stereocenters. The van der Waals surface area contributed by atoms with Crippen LogP contribution < -0.4 is 14.9 Å². The molecule has 2 amide bonds. The average Bonchev–Trinajstić information content (AvgIpc) is 3.59. The first-order valence-electron chi connectivity index (χ1n) is 13.3. The molecule has 2 aromatic heterocycles. The van der Waals surface area contributed by atoms with Crippen LogP contribution in [0.1, 0.15) is 34.0 Å². The molecular formula is C31H26F3N7O2S. The van der Waals surface area contributed by atoms with E-state index in [0.29, 0.717) is 27.4 Å². The number of nitrogens with one attached hydrogen (secondary N) is 1. The molecule has 44 heavy (non-hydrogen) atoms. The smallest absolute Gasteiger partial charge is 0.406 e. The third kappa shape index (κ3) is 6.71. The summed E-state index contributed by atoms with van der Waals surface area (Å²) in [6.07, 6.45) is -3.34. The third-order valence-electron chi connectivity index (χ3n) is 6.66. The van der Waals surface area contributed by atoms with E-state index < -0.39 is 18.4 Å². The second-order valence-electron chi connectivity index (χ2n) is 10.0. The van der Waals surface area contributed by atoms with Crippen LogP contribution in [-0.4, -0.2) is 31.7 Å². The molecule has 0 aliphatic heterocycles. The number of hydrogen-bond donors (Lipinski definition) is 1. The summed E-state index contributed by atoms with van der Waals surface area (Å²) in [5, 5.41) is 18.8. The summed E-state index contributed by atoms with van der Waals surface area (Å²) >= 11 is 1.34. The predicted octanol–water partition coefficient (Wildman–Crippen LogP) is 6.79. The molecule has 0 fully saturated rings. The number of aryl methyl sites for hydroxylation is 4. The summed E-state index contributed by atoms with van der Waals surface area (Å²) in [7, 11) is 0. The Hall–Kier alpha value is -5.22. The summed E-state index contributed by atoms with van der Waals surface area (Å²) in [5.41, 5.74) is 6.84. The van der Waals surface area contributed by atoms with E-state index in [0.717, 1.165) is 28.1 Å². The summed E-state index contributed by atoms with van der Waals surface area (Å²) in [6, 6.07) is 16.7. The normalized spacial score (nSPS) is 12.5. The zero-order valence-electron chi connectivity index (χ0n) is 24.0. The molecule has 1 atom stereocenters. The van der Waals surface area contributed by atoms with Gasteiger partial charge < -0.3 is 10.1 Å². The Morgan fingerprint density at radius 3 is 2.32 bits per heavy atom. The number of nitrogens with zero attached hydrogens (tertiary/aromatic N) is 6. The highest BCUT2D eigenvalue weighted by atomic mass is 32.1. The average molecular weight is 618 g/mol. The zero-order chi connectivity index (χ0) is 31.6. The van der Waals surface area contributed by atoms with Crippen molar-refractivity contribution in [2.75, 3.05) is 0 Å². The fourth-order valence-electron chi connectivity index (χ4n) is 4.85. The van der Waals surface area contributed by atoms with Crippen LogP contribution in [0.15, 0.2) is 77.4 Å². The van der Waals surface area contributed by atoms with E-state index in [9.17, 15) is 23.2 Å². The van der Waals surface area contributed by atoms with Crippen molar-refractivity contribution in [2.24, 2.45) is 4.99 Å². The van der Waals surface area contributed by atoms with Crippen molar-refractivity contribution in [3.63, 3.8) is 0 Å². The first-order valence-corrected chi connectivity index (χ1v) is 14.2. The number of benzene rings is 3. The molecular weight excluding hydrogens is 591 g/mol. The quantitative estimate of drug-likeness (QED) is 0.226. The predicted molar refractivity (Wildman–Crippen MR) is 159 cm³/mol. The first-order chi connectivity index (χ1) is 20.9. The van der Waals surface area contributed by atoms with Gasteiger partial charge in [-0.15, -0.1) is 29.6 Å². The second-order valence-corrected chi connectivity index (χ2v) is 10.9. The molecule has 0 saturated heterocycles. The fourth-order valence-corrected chi connectivity index (χ4v) is 5.70. The fraction of sp³-hybridized carbons (Fsp3) is 0.194. The Morgan fingerprint density at radius 1 is 1.05 bits per heavy atom. The lowest BCUT2D eigenvalue weighted by Gasteiger charge is -2.14. The van der Waals surface area contributed by atoms with Gasteiger partial charge in [0.1, 0.15) is 18.1 Å². The number of halogens is 3. The number of nitriles is 1. The molecule has 3 aromatic carbocycles. The zero-order valence-corrected chi connectivity index (χ0v) is 24.9. The SMILES string of the molecule is Cc1cc(C)c(-n2c(C)cs/c2=N\C(=O)NC(C#N)c2ccc(-c3ncn(-c4ccc(OC(F)(F)F)cc4)n3)cc2)c(C)c1. The molecule has 0 spiro atoms. The molecule has 0 aliphatic rings. The van der Waals surface area contributed by atoms with Gasteiger partial charge in [0, 0.05) is 16.6 Å². The number of aromatic nitrogens is 4. The van der Waals surface area contributed by atoms with E-state index in [1.807, 2.05) is 37.6 Å². The number of alkyl halides is 3. The van der Waals surface area contributed by atoms with Gasteiger partial charge in [0.05, 0.1) is 17.4 Å². The van der Waals surface area contributed by atoms with E-state index in [1.54, 1.807) is 24.3 Å². The molecule has 13 heteroatoms. The second kappa shape index (κ2) is 12.2. The Morgan fingerprint density at radius 2 is 1.70 bits per heavy atom. The van der Waals surface area contributed by atoms with Crippen molar-refractivity contribution in [3.8, 4) is 34.6 Å². The summed E-state index contributed by atoms with van der Waals surface area (Å²) < 4.78 is 44.5. The lowest BCUT2D eigenvalue weighted by Crippen LogP contribution is -2.28. The van der Waals surface area contributed by atoms with Crippen LogP contribution in [0.5, 0.6) is 5.75 Å². The number of amides is 2. The number of ether oxygens (including phenoxy) is 1. The van der Waals surface area contributed by atoms with Gasteiger partial charge in [-0.25, -0.2) is 14.5 Å². The van der Waals surface area contributed by atoms with Crippen LogP contribution in [-0.2, 0) is 0 Å². The van der Waals surface area contributed by atoms with Gasteiger partial charge in [-0.2, -0.15) is 10.3 Å². The molecule has 224 valence electrons. The number of carbonyl (C=O) groups excluding carboxylic acids is 1. The number of hydrogen-bond acceptors (Lipinski definition) is 6. The van der Waals surface area contributed by atoms with Crippen molar-refractivity contribution >= 4 is 17.4 Å². The van der Waals surface area contributed by atoms with Crippen molar-refractivity contribution < 1.29 is 22.7 Å². The minimum Gasteiger partial charge on any atom is -0.406 e. The molecule has 2 heterocycles. The molecule has 0 aliphatic carbocycles. The molecule has 0 bridgehead atoms. The van der Waals surface area contributed by atoms with Crippen LogP contribution in [0.4, 0.5) is 18.0 Å². The Labute approximate surface area is 254 Å².